The average molecular weight is 168 g/mol. The third-order valence-corrected chi connectivity index (χ3v) is 3.35. The van der Waals surface area contributed by atoms with Crippen LogP contribution in [0.1, 0.15) is 38.5 Å². The third kappa shape index (κ3) is 1.28. The summed E-state index contributed by atoms with van der Waals surface area (Å²) in [4.78, 5) is 0. The minimum absolute atomic E-state index is 0.0411. The predicted molar refractivity (Wildman–Crippen MR) is 46.9 cm³/mol. The maximum Gasteiger partial charge on any atom is 0.279 e. The molecule has 3 rings (SSSR count). The number of rotatable bonds is 1. The molecule has 0 aromatic carbocycles. The van der Waals surface area contributed by atoms with Crippen LogP contribution in [0.2, 0.25) is 0 Å². The van der Waals surface area contributed by atoms with Crippen LogP contribution in [0.4, 0.5) is 0 Å². The molecule has 0 aromatic rings. The Bertz CT molecular complexity index is 181. The normalized spacial score (nSPS) is 39.5. The monoisotopic (exact) mass is 168 g/mol. The van der Waals surface area contributed by atoms with Crippen LogP contribution >= 0.6 is 0 Å². The van der Waals surface area contributed by atoms with Crippen LogP contribution in [0, 0.1) is 11.3 Å². The quantitative estimate of drug-likeness (QED) is 0.461. The summed E-state index contributed by atoms with van der Waals surface area (Å²) in [5.41, 5.74) is 5.22. The molecule has 12 heavy (non-hydrogen) atoms. The van der Waals surface area contributed by atoms with Gasteiger partial charge in [0, 0.05) is 0 Å². The lowest BCUT2D eigenvalue weighted by Gasteiger charge is -2.45. The summed E-state index contributed by atoms with van der Waals surface area (Å²) >= 11 is 0. The molecule has 0 saturated heterocycles. The average Bonchev–Trinajstić information content (AvgIpc) is 2.05. The summed E-state index contributed by atoms with van der Waals surface area (Å²) in [5, 5.41) is 7.13. The van der Waals surface area contributed by atoms with Gasteiger partial charge in [-0.05, 0) is 44.4 Å². The second-order valence-corrected chi connectivity index (χ2v) is 4.13. The fourth-order valence-electron chi connectivity index (χ4n) is 2.60. The van der Waals surface area contributed by atoms with Crippen molar-refractivity contribution in [2.75, 3.05) is 0 Å². The maximum atomic E-state index is 7.13. The van der Waals surface area contributed by atoms with Crippen molar-refractivity contribution >= 4 is 6.02 Å². The van der Waals surface area contributed by atoms with Gasteiger partial charge in [-0.3, -0.25) is 5.41 Å². The highest BCUT2D eigenvalue weighted by atomic mass is 16.5. The molecule has 0 atom stereocenters. The van der Waals surface area contributed by atoms with Crippen LogP contribution in [0.5, 0.6) is 0 Å². The molecule has 3 nitrogen and oxygen atoms in total. The highest BCUT2D eigenvalue weighted by Crippen LogP contribution is 2.46. The Morgan fingerprint density at radius 2 is 1.75 bits per heavy atom. The topological polar surface area (TPSA) is 59.1 Å². The molecule has 0 spiro atoms. The van der Waals surface area contributed by atoms with Gasteiger partial charge in [-0.1, -0.05) is 0 Å². The van der Waals surface area contributed by atoms with Gasteiger partial charge in [-0.15, -0.1) is 0 Å². The Balaban J connectivity index is 2.03. The molecule has 3 aliphatic carbocycles. The number of fused-ring (bicyclic) bond motifs is 3. The van der Waals surface area contributed by atoms with Gasteiger partial charge in [0.05, 0.1) is 0 Å². The summed E-state index contributed by atoms with van der Waals surface area (Å²) in [6.45, 7) is 0. The van der Waals surface area contributed by atoms with E-state index in [2.05, 4.69) is 0 Å². The lowest BCUT2D eigenvalue weighted by molar-refractivity contribution is -0.0440. The van der Waals surface area contributed by atoms with Gasteiger partial charge in [0.15, 0.2) is 0 Å². The predicted octanol–water partition coefficient (Wildman–Crippen LogP) is 1.62. The number of ether oxygens (including phenoxy) is 1. The van der Waals surface area contributed by atoms with E-state index < -0.39 is 0 Å². The second-order valence-electron chi connectivity index (χ2n) is 4.13. The standard InChI is InChI=1S/C9H16N2O/c10-8(11)12-9-4-1-7(2-5-9)3-6-9/h7H,1-6H2,(H3,10,11). The van der Waals surface area contributed by atoms with Gasteiger partial charge >= 0.3 is 0 Å². The van der Waals surface area contributed by atoms with Gasteiger partial charge in [0.1, 0.15) is 5.60 Å². The van der Waals surface area contributed by atoms with Crippen molar-refractivity contribution < 1.29 is 4.74 Å². The van der Waals surface area contributed by atoms with Crippen molar-refractivity contribution in [1.82, 2.24) is 0 Å². The second kappa shape index (κ2) is 2.64. The van der Waals surface area contributed by atoms with Gasteiger partial charge in [0.2, 0.25) is 0 Å². The van der Waals surface area contributed by atoms with Crippen LogP contribution in [-0.4, -0.2) is 11.6 Å². The molecule has 0 heterocycles. The van der Waals surface area contributed by atoms with Crippen LogP contribution < -0.4 is 5.73 Å². The highest BCUT2D eigenvalue weighted by Gasteiger charge is 2.42. The molecule has 3 fully saturated rings. The first kappa shape index (κ1) is 7.90. The Morgan fingerprint density at radius 1 is 1.25 bits per heavy atom. The molecular weight excluding hydrogens is 152 g/mol. The molecule has 68 valence electrons. The fourth-order valence-corrected chi connectivity index (χ4v) is 2.60. The Hall–Kier alpha value is -0.730. The van der Waals surface area contributed by atoms with E-state index in [1.165, 1.54) is 19.3 Å². The van der Waals surface area contributed by atoms with E-state index in [0.717, 1.165) is 25.2 Å². The van der Waals surface area contributed by atoms with Gasteiger partial charge < -0.3 is 10.5 Å². The number of nitrogens with two attached hydrogens (primary N) is 1. The van der Waals surface area contributed by atoms with Crippen molar-refractivity contribution in [2.24, 2.45) is 11.7 Å². The van der Waals surface area contributed by atoms with Crippen molar-refractivity contribution in [2.45, 2.75) is 44.1 Å². The van der Waals surface area contributed by atoms with E-state index in [1.807, 2.05) is 0 Å². The van der Waals surface area contributed by atoms with Crippen molar-refractivity contribution in [3.8, 4) is 0 Å². The third-order valence-electron chi connectivity index (χ3n) is 3.35. The number of amidine groups is 1. The molecule has 0 radical (unpaired) electrons. The Labute approximate surface area is 72.8 Å². The molecular formula is C9H16N2O. The minimum atomic E-state index is -0.102. The van der Waals surface area contributed by atoms with E-state index in [-0.39, 0.29) is 11.6 Å². The van der Waals surface area contributed by atoms with Gasteiger partial charge in [0.25, 0.3) is 6.02 Å². The molecule has 3 saturated carbocycles. The van der Waals surface area contributed by atoms with Crippen LogP contribution in [-0.2, 0) is 4.74 Å². The molecule has 0 aliphatic heterocycles. The SMILES string of the molecule is N=C(N)OC12CCC(CC1)CC2. The van der Waals surface area contributed by atoms with Crippen molar-refractivity contribution in [3.05, 3.63) is 0 Å². The maximum absolute atomic E-state index is 7.13. The molecule has 2 bridgehead atoms. The van der Waals surface area contributed by atoms with E-state index in [9.17, 15) is 0 Å². The van der Waals surface area contributed by atoms with Gasteiger partial charge in [-0.25, -0.2) is 0 Å². The van der Waals surface area contributed by atoms with Crippen LogP contribution in [0.25, 0.3) is 0 Å². The van der Waals surface area contributed by atoms with Crippen LogP contribution in [0.3, 0.4) is 0 Å². The molecule has 3 aliphatic rings. The zero-order chi connectivity index (χ0) is 8.60. The first-order valence-electron chi connectivity index (χ1n) is 4.73. The van der Waals surface area contributed by atoms with Crippen molar-refractivity contribution in [1.29, 1.82) is 5.41 Å². The van der Waals surface area contributed by atoms with Gasteiger partial charge in [-0.2, -0.15) is 0 Å². The molecule has 0 aromatic heterocycles. The van der Waals surface area contributed by atoms with E-state index >= 15 is 0 Å². The molecule has 3 N–H and O–H groups in total. The summed E-state index contributed by atoms with van der Waals surface area (Å²) in [5.74, 6) is 0.933. The largest absolute Gasteiger partial charge is 0.459 e. The van der Waals surface area contributed by atoms with E-state index in [1.54, 1.807) is 0 Å². The van der Waals surface area contributed by atoms with E-state index in [0.29, 0.717) is 0 Å². The zero-order valence-corrected chi connectivity index (χ0v) is 7.31. The highest BCUT2D eigenvalue weighted by molar-refractivity contribution is 5.68. The number of hydrogen-bond acceptors (Lipinski definition) is 2. The Kier molecular flexibility index (Phi) is 1.74. The molecule has 3 heteroatoms. The molecule has 0 unspecified atom stereocenters. The summed E-state index contributed by atoms with van der Waals surface area (Å²) in [6, 6.07) is -0.102. The minimum Gasteiger partial charge on any atom is -0.459 e. The summed E-state index contributed by atoms with van der Waals surface area (Å²) in [7, 11) is 0. The number of hydrogen-bond donors (Lipinski definition) is 2. The first-order valence-corrected chi connectivity index (χ1v) is 4.73. The van der Waals surface area contributed by atoms with Crippen molar-refractivity contribution in [3.63, 3.8) is 0 Å². The summed E-state index contributed by atoms with van der Waals surface area (Å²) in [6.07, 6.45) is 7.14. The first-order chi connectivity index (χ1) is 5.70. The molecule has 0 amide bonds. The fraction of sp³-hybridized carbons (Fsp3) is 0.889. The zero-order valence-electron chi connectivity index (χ0n) is 7.31. The summed E-state index contributed by atoms with van der Waals surface area (Å²) < 4.78 is 5.43. The number of nitrogens with one attached hydrogen (secondary N) is 1. The lowest BCUT2D eigenvalue weighted by atomic mass is 9.68. The lowest BCUT2D eigenvalue weighted by Crippen LogP contribution is -2.45. The van der Waals surface area contributed by atoms with E-state index in [4.69, 9.17) is 15.9 Å². The Morgan fingerprint density at radius 3 is 2.17 bits per heavy atom. The smallest absolute Gasteiger partial charge is 0.279 e. The van der Waals surface area contributed by atoms with Crippen LogP contribution in [0.15, 0.2) is 0 Å².